The molecule has 0 spiro atoms. The summed E-state index contributed by atoms with van der Waals surface area (Å²) in [7, 11) is 0. The zero-order valence-corrected chi connectivity index (χ0v) is 16.0. The minimum Gasteiger partial charge on any atom is -0.356 e. The van der Waals surface area contributed by atoms with Gasteiger partial charge in [0.15, 0.2) is 0 Å². The number of benzene rings is 1. The van der Waals surface area contributed by atoms with Crippen molar-refractivity contribution in [3.05, 3.63) is 46.9 Å². The quantitative estimate of drug-likeness (QED) is 0.878. The fourth-order valence-electron chi connectivity index (χ4n) is 3.53. The number of rotatable bonds is 5. The summed E-state index contributed by atoms with van der Waals surface area (Å²) < 4.78 is 0. The number of hydrogen-bond donors (Lipinski definition) is 1. The molecule has 0 unspecified atom stereocenters. The number of para-hydroxylation sites is 1. The van der Waals surface area contributed by atoms with Gasteiger partial charge in [-0.2, -0.15) is 0 Å². The Balaban J connectivity index is 1.88. The average Bonchev–Trinajstić information content (AvgIpc) is 2.68. The predicted octanol–water partition coefficient (Wildman–Crippen LogP) is 4.15. The van der Waals surface area contributed by atoms with Crippen LogP contribution >= 0.6 is 0 Å². The molecule has 0 atom stereocenters. The van der Waals surface area contributed by atoms with Crippen LogP contribution in [0.1, 0.15) is 60.5 Å². The lowest BCUT2D eigenvalue weighted by molar-refractivity contribution is 0.102. The number of nitrogens with one attached hydrogen (secondary N) is 1. The first-order valence-electron chi connectivity index (χ1n) is 9.65. The van der Waals surface area contributed by atoms with Crippen LogP contribution in [0.2, 0.25) is 0 Å². The van der Waals surface area contributed by atoms with Crippen molar-refractivity contribution in [1.29, 1.82) is 0 Å². The molecule has 1 amide bonds. The van der Waals surface area contributed by atoms with Crippen molar-refractivity contribution in [2.75, 3.05) is 23.3 Å². The fourth-order valence-corrected chi connectivity index (χ4v) is 3.53. The van der Waals surface area contributed by atoms with Crippen LogP contribution < -0.4 is 10.2 Å². The number of anilines is 2. The molecule has 1 aromatic heterocycles. The summed E-state index contributed by atoms with van der Waals surface area (Å²) in [4.78, 5) is 24.1. The van der Waals surface area contributed by atoms with Gasteiger partial charge in [0.25, 0.3) is 5.91 Å². The third kappa shape index (κ3) is 4.03. The molecule has 1 fully saturated rings. The minimum atomic E-state index is -0.163. The van der Waals surface area contributed by atoms with Gasteiger partial charge in [-0.3, -0.25) is 4.79 Å². The van der Waals surface area contributed by atoms with Gasteiger partial charge in [0.2, 0.25) is 0 Å². The van der Waals surface area contributed by atoms with Gasteiger partial charge >= 0.3 is 0 Å². The van der Waals surface area contributed by atoms with E-state index in [1.165, 1.54) is 19.3 Å². The molecule has 2 heterocycles. The van der Waals surface area contributed by atoms with E-state index in [0.29, 0.717) is 11.5 Å². The second-order valence-electron chi connectivity index (χ2n) is 6.82. The second kappa shape index (κ2) is 8.30. The van der Waals surface area contributed by atoms with Crippen molar-refractivity contribution < 1.29 is 4.79 Å². The topological polar surface area (TPSA) is 58.1 Å². The number of amides is 1. The Hall–Kier alpha value is -2.43. The maximum absolute atomic E-state index is 12.9. The Kier molecular flexibility index (Phi) is 5.86. The van der Waals surface area contributed by atoms with Crippen LogP contribution in [0.4, 0.5) is 11.5 Å². The number of piperidine rings is 1. The Morgan fingerprint density at radius 2 is 1.73 bits per heavy atom. The van der Waals surface area contributed by atoms with Crippen LogP contribution in [0.15, 0.2) is 24.3 Å². The van der Waals surface area contributed by atoms with Crippen molar-refractivity contribution in [2.45, 2.75) is 52.9 Å². The Morgan fingerprint density at radius 1 is 1.08 bits per heavy atom. The SMILES string of the molecule is CCc1cccc(CC)c1NC(=O)c1cc(N2CCCCC2)nc(C)n1. The number of aromatic nitrogens is 2. The molecule has 1 aliphatic heterocycles. The minimum absolute atomic E-state index is 0.163. The van der Waals surface area contributed by atoms with E-state index in [9.17, 15) is 4.79 Å². The fraction of sp³-hybridized carbons (Fsp3) is 0.476. The summed E-state index contributed by atoms with van der Waals surface area (Å²) in [5.74, 6) is 1.34. The van der Waals surface area contributed by atoms with Gasteiger partial charge in [-0.05, 0) is 50.2 Å². The van der Waals surface area contributed by atoms with Crippen molar-refractivity contribution in [3.63, 3.8) is 0 Å². The monoisotopic (exact) mass is 352 g/mol. The number of carbonyl (C=O) groups is 1. The molecular weight excluding hydrogens is 324 g/mol. The molecule has 1 saturated heterocycles. The summed E-state index contributed by atoms with van der Waals surface area (Å²) in [5.41, 5.74) is 3.67. The molecule has 1 aromatic carbocycles. The Labute approximate surface area is 155 Å². The van der Waals surface area contributed by atoms with E-state index in [2.05, 4.69) is 52.2 Å². The molecular formula is C21H28N4O. The van der Waals surface area contributed by atoms with E-state index in [-0.39, 0.29) is 5.91 Å². The largest absolute Gasteiger partial charge is 0.356 e. The molecule has 1 aliphatic rings. The first-order chi connectivity index (χ1) is 12.6. The first kappa shape index (κ1) is 18.4. The molecule has 1 N–H and O–H groups in total. The van der Waals surface area contributed by atoms with Crippen LogP contribution in [-0.2, 0) is 12.8 Å². The zero-order valence-electron chi connectivity index (χ0n) is 16.0. The number of nitrogens with zero attached hydrogens (tertiary/aromatic N) is 3. The molecule has 5 heteroatoms. The summed E-state index contributed by atoms with van der Waals surface area (Å²) >= 11 is 0. The normalized spacial score (nSPS) is 14.3. The van der Waals surface area contributed by atoms with E-state index in [1.807, 2.05) is 13.0 Å². The lowest BCUT2D eigenvalue weighted by Crippen LogP contribution is -2.31. The summed E-state index contributed by atoms with van der Waals surface area (Å²) in [5, 5.41) is 3.11. The van der Waals surface area contributed by atoms with Crippen LogP contribution in [0.3, 0.4) is 0 Å². The third-order valence-electron chi connectivity index (χ3n) is 4.97. The molecule has 0 bridgehead atoms. The van der Waals surface area contributed by atoms with Gasteiger partial charge < -0.3 is 10.2 Å². The smallest absolute Gasteiger partial charge is 0.274 e. The van der Waals surface area contributed by atoms with Crippen LogP contribution in [0.25, 0.3) is 0 Å². The summed E-state index contributed by atoms with van der Waals surface area (Å²) in [6, 6.07) is 8.02. The highest BCUT2D eigenvalue weighted by Crippen LogP contribution is 2.24. The van der Waals surface area contributed by atoms with E-state index in [1.54, 1.807) is 0 Å². The third-order valence-corrected chi connectivity index (χ3v) is 4.97. The van der Waals surface area contributed by atoms with Gasteiger partial charge in [0.05, 0.1) is 0 Å². The highest BCUT2D eigenvalue weighted by molar-refractivity contribution is 6.04. The van der Waals surface area contributed by atoms with Gasteiger partial charge in [0.1, 0.15) is 17.3 Å². The van der Waals surface area contributed by atoms with Crippen LogP contribution in [-0.4, -0.2) is 29.0 Å². The van der Waals surface area contributed by atoms with E-state index < -0.39 is 0 Å². The molecule has 26 heavy (non-hydrogen) atoms. The molecule has 0 aliphatic carbocycles. The highest BCUT2D eigenvalue weighted by Gasteiger charge is 2.18. The number of carbonyl (C=O) groups excluding carboxylic acids is 1. The van der Waals surface area contributed by atoms with Crippen molar-refractivity contribution >= 4 is 17.4 Å². The average molecular weight is 352 g/mol. The maximum Gasteiger partial charge on any atom is 0.274 e. The molecule has 138 valence electrons. The summed E-state index contributed by atoms with van der Waals surface area (Å²) in [6.45, 7) is 8.05. The standard InChI is InChI=1S/C21H28N4O/c1-4-16-10-9-11-17(5-2)20(16)24-21(26)18-14-19(23-15(3)22-18)25-12-7-6-8-13-25/h9-11,14H,4-8,12-13H2,1-3H3,(H,24,26). The maximum atomic E-state index is 12.9. The molecule has 0 saturated carbocycles. The molecule has 3 rings (SSSR count). The van der Waals surface area contributed by atoms with Gasteiger partial charge in [-0.25, -0.2) is 9.97 Å². The van der Waals surface area contributed by atoms with E-state index in [4.69, 9.17) is 0 Å². The van der Waals surface area contributed by atoms with Gasteiger partial charge in [-0.1, -0.05) is 32.0 Å². The van der Waals surface area contributed by atoms with Gasteiger partial charge in [-0.15, -0.1) is 0 Å². The zero-order chi connectivity index (χ0) is 18.5. The lowest BCUT2D eigenvalue weighted by Gasteiger charge is -2.28. The van der Waals surface area contributed by atoms with Gasteiger partial charge in [0, 0.05) is 24.8 Å². The summed E-state index contributed by atoms with van der Waals surface area (Å²) in [6.07, 6.45) is 5.38. The van der Waals surface area contributed by atoms with Crippen molar-refractivity contribution in [3.8, 4) is 0 Å². The first-order valence-corrected chi connectivity index (χ1v) is 9.65. The van der Waals surface area contributed by atoms with Crippen LogP contribution in [0, 0.1) is 6.92 Å². The van der Waals surface area contributed by atoms with Crippen molar-refractivity contribution in [1.82, 2.24) is 9.97 Å². The molecule has 2 aromatic rings. The van der Waals surface area contributed by atoms with Crippen molar-refractivity contribution in [2.24, 2.45) is 0 Å². The van der Waals surface area contributed by atoms with Crippen LogP contribution in [0.5, 0.6) is 0 Å². The number of aryl methyl sites for hydroxylation is 3. The Bertz CT molecular complexity index is 759. The predicted molar refractivity (Wildman–Crippen MR) is 106 cm³/mol. The Morgan fingerprint density at radius 3 is 2.35 bits per heavy atom. The van der Waals surface area contributed by atoms with E-state index >= 15 is 0 Å². The second-order valence-corrected chi connectivity index (χ2v) is 6.82. The highest BCUT2D eigenvalue weighted by atomic mass is 16.1. The molecule has 5 nitrogen and oxygen atoms in total. The van der Waals surface area contributed by atoms with E-state index in [0.717, 1.165) is 48.6 Å². The number of hydrogen-bond acceptors (Lipinski definition) is 4. The molecule has 0 radical (unpaired) electrons. The lowest BCUT2D eigenvalue weighted by atomic mass is 10.0.